The van der Waals surface area contributed by atoms with E-state index in [9.17, 15) is 9.59 Å². The highest BCUT2D eigenvalue weighted by Crippen LogP contribution is 2.19. The number of esters is 1. The van der Waals surface area contributed by atoms with E-state index in [1.54, 1.807) is 24.3 Å². The van der Waals surface area contributed by atoms with E-state index in [0.717, 1.165) is 4.68 Å². The molecule has 0 N–H and O–H groups in total. The van der Waals surface area contributed by atoms with Crippen LogP contribution in [0, 0.1) is 0 Å². The maximum atomic E-state index is 11.7. The summed E-state index contributed by atoms with van der Waals surface area (Å²) in [6.07, 6.45) is 0. The lowest BCUT2D eigenvalue weighted by molar-refractivity contribution is -0.132. The first-order valence-corrected chi connectivity index (χ1v) is 4.74. The van der Waals surface area contributed by atoms with Gasteiger partial charge in [-0.3, -0.25) is 9.59 Å². The van der Waals surface area contributed by atoms with Gasteiger partial charge in [-0.1, -0.05) is 12.1 Å². The Balaban J connectivity index is 2.79. The average Bonchev–Trinajstić information content (AvgIpc) is 2.25. The highest BCUT2D eigenvalue weighted by molar-refractivity contribution is 5.87. The van der Waals surface area contributed by atoms with Gasteiger partial charge < -0.3 is 4.74 Å². The van der Waals surface area contributed by atoms with Gasteiger partial charge in [0.05, 0.1) is 10.8 Å². The molecule has 0 aliphatic rings. The lowest BCUT2D eigenvalue weighted by Crippen LogP contribution is -2.21. The van der Waals surface area contributed by atoms with Gasteiger partial charge in [-0.2, -0.15) is 0 Å². The van der Waals surface area contributed by atoms with Gasteiger partial charge in [0.2, 0.25) is 5.88 Å². The van der Waals surface area contributed by atoms with Crippen LogP contribution in [0.25, 0.3) is 10.8 Å². The van der Waals surface area contributed by atoms with Gasteiger partial charge in [0.25, 0.3) is 5.56 Å². The van der Waals surface area contributed by atoms with Gasteiger partial charge in [-0.05, 0) is 12.1 Å². The molecule has 1 aromatic heterocycles. The zero-order valence-corrected chi connectivity index (χ0v) is 8.93. The van der Waals surface area contributed by atoms with E-state index in [0.29, 0.717) is 10.8 Å². The smallest absolute Gasteiger partial charge is 0.309 e. The number of ether oxygens (including phenoxy) is 1. The minimum Gasteiger partial charge on any atom is -0.405 e. The zero-order valence-electron chi connectivity index (χ0n) is 8.93. The number of aryl methyl sites for hydroxylation is 1. The third-order valence-corrected chi connectivity index (χ3v) is 2.16. The summed E-state index contributed by atoms with van der Waals surface area (Å²) in [7, 11) is 1.52. The predicted octanol–water partition coefficient (Wildman–Crippen LogP) is 0.859. The van der Waals surface area contributed by atoms with Crippen LogP contribution in [-0.2, 0) is 11.8 Å². The summed E-state index contributed by atoms with van der Waals surface area (Å²) >= 11 is 0. The van der Waals surface area contributed by atoms with E-state index in [2.05, 4.69) is 5.10 Å². The van der Waals surface area contributed by atoms with Gasteiger partial charge in [0, 0.05) is 14.0 Å². The molecule has 1 heterocycles. The quantitative estimate of drug-likeness (QED) is 0.666. The molecular weight excluding hydrogens is 208 g/mol. The number of aromatic nitrogens is 2. The minimum atomic E-state index is -0.462. The second kappa shape index (κ2) is 3.77. The fourth-order valence-electron chi connectivity index (χ4n) is 1.48. The molecule has 0 saturated heterocycles. The number of hydrogen-bond donors (Lipinski definition) is 0. The summed E-state index contributed by atoms with van der Waals surface area (Å²) < 4.78 is 6.11. The molecule has 5 nitrogen and oxygen atoms in total. The number of nitrogens with zero attached hydrogens (tertiary/aromatic N) is 2. The van der Waals surface area contributed by atoms with Crippen molar-refractivity contribution in [1.82, 2.24) is 9.78 Å². The van der Waals surface area contributed by atoms with Gasteiger partial charge in [0.15, 0.2) is 0 Å². The third kappa shape index (κ3) is 1.67. The summed E-state index contributed by atoms with van der Waals surface area (Å²) in [5.41, 5.74) is -0.216. The molecule has 82 valence electrons. The SMILES string of the molecule is CC(=O)Oc1nn(C)c(=O)c2ccccc12. The van der Waals surface area contributed by atoms with E-state index < -0.39 is 5.97 Å². The third-order valence-electron chi connectivity index (χ3n) is 2.16. The number of carbonyl (C=O) groups excluding carboxylic acids is 1. The van der Waals surface area contributed by atoms with Crippen molar-refractivity contribution in [1.29, 1.82) is 0 Å². The maximum Gasteiger partial charge on any atom is 0.309 e. The Morgan fingerprint density at radius 3 is 2.56 bits per heavy atom. The molecule has 1 aromatic carbocycles. The van der Waals surface area contributed by atoms with Crippen LogP contribution in [0.4, 0.5) is 0 Å². The predicted molar refractivity (Wildman–Crippen MR) is 58.3 cm³/mol. The van der Waals surface area contributed by atoms with Crippen molar-refractivity contribution < 1.29 is 9.53 Å². The Hall–Kier alpha value is -2.17. The molecular formula is C11H10N2O3. The molecule has 0 aliphatic carbocycles. The normalized spacial score (nSPS) is 10.4. The van der Waals surface area contributed by atoms with E-state index in [1.807, 2.05) is 0 Å². The Bertz CT molecular complexity index is 616. The van der Waals surface area contributed by atoms with Gasteiger partial charge >= 0.3 is 5.97 Å². The fourth-order valence-corrected chi connectivity index (χ4v) is 1.48. The molecule has 16 heavy (non-hydrogen) atoms. The van der Waals surface area contributed by atoms with E-state index in [1.165, 1.54) is 14.0 Å². The van der Waals surface area contributed by atoms with Crippen molar-refractivity contribution in [2.45, 2.75) is 6.92 Å². The number of carbonyl (C=O) groups is 1. The first-order valence-electron chi connectivity index (χ1n) is 4.74. The van der Waals surface area contributed by atoms with Crippen LogP contribution in [0.5, 0.6) is 5.88 Å². The Morgan fingerprint density at radius 1 is 1.31 bits per heavy atom. The van der Waals surface area contributed by atoms with Crippen molar-refractivity contribution in [3.8, 4) is 5.88 Å². The molecule has 5 heteroatoms. The van der Waals surface area contributed by atoms with Crippen molar-refractivity contribution in [2.24, 2.45) is 7.05 Å². The Kier molecular flexibility index (Phi) is 2.44. The molecule has 0 atom stereocenters. The summed E-state index contributed by atoms with van der Waals surface area (Å²) in [5, 5.41) is 4.93. The monoisotopic (exact) mass is 218 g/mol. The lowest BCUT2D eigenvalue weighted by Gasteiger charge is -2.06. The minimum absolute atomic E-state index is 0.158. The van der Waals surface area contributed by atoms with Gasteiger partial charge in [-0.15, -0.1) is 5.10 Å². The summed E-state index contributed by atoms with van der Waals surface area (Å²) in [6, 6.07) is 6.88. The summed E-state index contributed by atoms with van der Waals surface area (Å²) in [4.78, 5) is 22.6. The zero-order chi connectivity index (χ0) is 11.7. The van der Waals surface area contributed by atoms with Crippen molar-refractivity contribution in [2.75, 3.05) is 0 Å². The Morgan fingerprint density at radius 2 is 1.94 bits per heavy atom. The molecule has 2 aromatic rings. The first kappa shape index (κ1) is 10.4. The first-order chi connectivity index (χ1) is 7.59. The van der Waals surface area contributed by atoms with Gasteiger partial charge in [0.1, 0.15) is 0 Å². The van der Waals surface area contributed by atoms with E-state index in [-0.39, 0.29) is 11.4 Å². The van der Waals surface area contributed by atoms with Crippen LogP contribution in [-0.4, -0.2) is 15.7 Å². The van der Waals surface area contributed by atoms with Crippen LogP contribution < -0.4 is 10.3 Å². The standard InChI is InChI=1S/C11H10N2O3/c1-7(14)16-10-8-5-3-4-6-9(8)11(15)13(2)12-10/h3-6H,1-2H3. The number of benzene rings is 1. The highest BCUT2D eigenvalue weighted by Gasteiger charge is 2.10. The second-order valence-electron chi connectivity index (χ2n) is 3.37. The molecule has 0 fully saturated rings. The maximum absolute atomic E-state index is 11.7. The number of rotatable bonds is 1. The fraction of sp³-hybridized carbons (Fsp3) is 0.182. The number of fused-ring (bicyclic) bond motifs is 1. The molecule has 0 radical (unpaired) electrons. The van der Waals surface area contributed by atoms with Crippen LogP contribution >= 0.6 is 0 Å². The van der Waals surface area contributed by atoms with Crippen molar-refractivity contribution in [3.63, 3.8) is 0 Å². The molecule has 0 unspecified atom stereocenters. The molecule has 0 aliphatic heterocycles. The van der Waals surface area contributed by atoms with Crippen LogP contribution in [0.15, 0.2) is 29.1 Å². The average molecular weight is 218 g/mol. The summed E-state index contributed by atoms with van der Waals surface area (Å²) in [6.45, 7) is 1.29. The Labute approximate surface area is 91.3 Å². The highest BCUT2D eigenvalue weighted by atomic mass is 16.5. The molecule has 0 bridgehead atoms. The van der Waals surface area contributed by atoms with Crippen LogP contribution in [0.3, 0.4) is 0 Å². The topological polar surface area (TPSA) is 61.2 Å². The molecule has 2 rings (SSSR count). The molecule has 0 spiro atoms. The number of hydrogen-bond acceptors (Lipinski definition) is 4. The summed E-state index contributed by atoms with van der Waals surface area (Å²) in [5.74, 6) is -0.304. The molecule has 0 amide bonds. The van der Waals surface area contributed by atoms with Crippen LogP contribution in [0.2, 0.25) is 0 Å². The second-order valence-corrected chi connectivity index (χ2v) is 3.37. The van der Waals surface area contributed by atoms with E-state index in [4.69, 9.17) is 4.74 Å². The van der Waals surface area contributed by atoms with Gasteiger partial charge in [-0.25, -0.2) is 4.68 Å². The van der Waals surface area contributed by atoms with Crippen molar-refractivity contribution in [3.05, 3.63) is 34.6 Å². The van der Waals surface area contributed by atoms with Crippen LogP contribution in [0.1, 0.15) is 6.92 Å². The lowest BCUT2D eigenvalue weighted by atomic mass is 10.2. The van der Waals surface area contributed by atoms with E-state index >= 15 is 0 Å². The molecule has 0 saturated carbocycles. The largest absolute Gasteiger partial charge is 0.405 e. The van der Waals surface area contributed by atoms with Crippen molar-refractivity contribution >= 4 is 16.7 Å².